The van der Waals surface area contributed by atoms with E-state index in [1.807, 2.05) is 0 Å². The van der Waals surface area contributed by atoms with Gasteiger partial charge in [0.2, 0.25) is 0 Å². The van der Waals surface area contributed by atoms with Crippen molar-refractivity contribution < 1.29 is 14.3 Å². The number of fused-ring (bicyclic) bond motifs is 3. The summed E-state index contributed by atoms with van der Waals surface area (Å²) >= 11 is 6.04. The molecule has 0 aromatic carbocycles. The molecule has 1 unspecified atom stereocenters. The number of anilines is 1. The van der Waals surface area contributed by atoms with Crippen LogP contribution in [0.3, 0.4) is 0 Å². The third-order valence-electron chi connectivity index (χ3n) is 5.99. The fraction of sp³-hybridized carbons (Fsp3) is 0.368. The molecule has 9 heteroatoms. The van der Waals surface area contributed by atoms with Gasteiger partial charge in [-0.15, -0.1) is 0 Å². The summed E-state index contributed by atoms with van der Waals surface area (Å²) in [7, 11) is 0. The zero-order chi connectivity index (χ0) is 19.4. The first-order valence-corrected chi connectivity index (χ1v) is 9.54. The van der Waals surface area contributed by atoms with Gasteiger partial charge in [0.05, 0.1) is 17.1 Å². The Morgan fingerprint density at radius 1 is 1.29 bits per heavy atom. The number of halogens is 2. The highest BCUT2D eigenvalue weighted by molar-refractivity contribution is 6.31. The van der Waals surface area contributed by atoms with E-state index in [0.717, 1.165) is 30.8 Å². The molecule has 28 heavy (non-hydrogen) atoms. The molecular formula is C19H17ClFN5O2. The monoisotopic (exact) mass is 401 g/mol. The molecule has 0 saturated heterocycles. The lowest BCUT2D eigenvalue weighted by molar-refractivity contribution is -0.143. The molecule has 2 bridgehead atoms. The average molecular weight is 402 g/mol. The lowest BCUT2D eigenvalue weighted by Crippen LogP contribution is -2.39. The van der Waals surface area contributed by atoms with Crippen molar-refractivity contribution in [1.82, 2.24) is 19.9 Å². The van der Waals surface area contributed by atoms with Crippen LogP contribution in [0.1, 0.15) is 19.3 Å². The summed E-state index contributed by atoms with van der Waals surface area (Å²) in [4.78, 5) is 27.4. The zero-order valence-corrected chi connectivity index (χ0v) is 15.4. The smallest absolute Gasteiger partial charge is 0.308 e. The van der Waals surface area contributed by atoms with Crippen LogP contribution < -0.4 is 5.32 Å². The van der Waals surface area contributed by atoms with Crippen LogP contribution in [0.25, 0.3) is 22.4 Å². The first-order chi connectivity index (χ1) is 13.5. The van der Waals surface area contributed by atoms with Gasteiger partial charge in [-0.05, 0) is 37.2 Å². The SMILES string of the molecule is O=C(O)[C@H]1C(Nc2nc(-c3c[nH]c4ncc(Cl)cc34)ncc2F)[C@H]2CC[C@@H]1C2. The molecule has 5 rings (SSSR count). The number of hydrogen-bond donors (Lipinski definition) is 3. The van der Waals surface area contributed by atoms with E-state index in [4.69, 9.17) is 11.6 Å². The molecule has 2 fully saturated rings. The van der Waals surface area contributed by atoms with Gasteiger partial charge >= 0.3 is 5.97 Å². The van der Waals surface area contributed by atoms with Crippen LogP contribution in [-0.2, 0) is 4.79 Å². The van der Waals surface area contributed by atoms with Crippen LogP contribution in [-0.4, -0.2) is 37.1 Å². The largest absolute Gasteiger partial charge is 0.481 e. The number of hydrogen-bond acceptors (Lipinski definition) is 5. The molecule has 2 aliphatic carbocycles. The van der Waals surface area contributed by atoms with Gasteiger partial charge in [0.25, 0.3) is 0 Å². The van der Waals surface area contributed by atoms with Gasteiger partial charge in [-0.2, -0.15) is 0 Å². The number of rotatable bonds is 4. The van der Waals surface area contributed by atoms with E-state index in [2.05, 4.69) is 25.3 Å². The second kappa shape index (κ2) is 6.41. The Labute approximate surface area is 164 Å². The molecule has 3 heterocycles. The molecule has 2 saturated carbocycles. The van der Waals surface area contributed by atoms with Crippen molar-refractivity contribution in [3.8, 4) is 11.4 Å². The summed E-state index contributed by atoms with van der Waals surface area (Å²) in [5.74, 6) is -1.25. The number of H-pyrrole nitrogens is 1. The van der Waals surface area contributed by atoms with E-state index in [1.54, 1.807) is 12.3 Å². The van der Waals surface area contributed by atoms with E-state index >= 15 is 0 Å². The number of nitrogens with one attached hydrogen (secondary N) is 2. The number of carboxylic acid groups (broad SMARTS) is 1. The molecule has 0 radical (unpaired) electrons. The van der Waals surface area contributed by atoms with Crippen LogP contribution in [0, 0.1) is 23.6 Å². The Morgan fingerprint density at radius 3 is 2.93 bits per heavy atom. The van der Waals surface area contributed by atoms with E-state index < -0.39 is 17.7 Å². The molecule has 3 N–H and O–H groups in total. The quantitative estimate of drug-likeness (QED) is 0.615. The number of carbonyl (C=O) groups is 1. The van der Waals surface area contributed by atoms with Gasteiger partial charge in [-0.1, -0.05) is 11.6 Å². The van der Waals surface area contributed by atoms with Crippen LogP contribution in [0.2, 0.25) is 5.02 Å². The normalized spacial score (nSPS) is 26.1. The molecule has 0 aliphatic heterocycles. The zero-order valence-electron chi connectivity index (χ0n) is 14.7. The molecule has 0 spiro atoms. The van der Waals surface area contributed by atoms with Crippen LogP contribution in [0.4, 0.5) is 10.2 Å². The first-order valence-electron chi connectivity index (χ1n) is 9.16. The number of nitrogens with zero attached hydrogens (tertiary/aromatic N) is 3. The van der Waals surface area contributed by atoms with E-state index in [0.29, 0.717) is 22.1 Å². The second-order valence-corrected chi connectivity index (χ2v) is 7.95. The lowest BCUT2D eigenvalue weighted by Gasteiger charge is -2.29. The van der Waals surface area contributed by atoms with E-state index in [-0.39, 0.29) is 23.7 Å². The summed E-state index contributed by atoms with van der Waals surface area (Å²) in [6, 6.07) is 1.42. The fourth-order valence-electron chi connectivity index (χ4n) is 4.77. The molecule has 144 valence electrons. The maximum Gasteiger partial charge on any atom is 0.308 e. The maximum atomic E-state index is 14.4. The standard InChI is InChI=1S/C19H17ClFN5O2/c20-10-4-11-12(6-23-16(11)22-5-10)17-24-7-13(21)18(26-17)25-15-9-2-1-8(3-9)14(15)19(27)28/h4-9,14-15H,1-3H2,(H,22,23)(H,27,28)(H,24,25,26)/t8-,9+,14-,15?/m1/s1. The Balaban J connectivity index is 1.51. The minimum absolute atomic E-state index is 0.0261. The predicted molar refractivity (Wildman–Crippen MR) is 101 cm³/mol. The van der Waals surface area contributed by atoms with E-state index in [9.17, 15) is 14.3 Å². The summed E-state index contributed by atoms with van der Waals surface area (Å²) in [6.45, 7) is 0. The Bertz CT molecular complexity index is 1090. The highest BCUT2D eigenvalue weighted by Crippen LogP contribution is 2.49. The van der Waals surface area contributed by atoms with Gasteiger partial charge in [-0.25, -0.2) is 19.3 Å². The molecule has 3 aromatic rings. The molecule has 4 atom stereocenters. The van der Waals surface area contributed by atoms with Gasteiger partial charge < -0.3 is 15.4 Å². The number of carboxylic acids is 1. The summed E-state index contributed by atoms with van der Waals surface area (Å²) in [6.07, 6.45) is 7.07. The predicted octanol–water partition coefficient (Wildman–Crippen LogP) is 3.72. The molecule has 7 nitrogen and oxygen atoms in total. The first kappa shape index (κ1) is 17.4. The minimum Gasteiger partial charge on any atom is -0.481 e. The van der Waals surface area contributed by atoms with Crippen molar-refractivity contribution in [3.63, 3.8) is 0 Å². The lowest BCUT2D eigenvalue weighted by atomic mass is 9.84. The van der Waals surface area contributed by atoms with Crippen LogP contribution in [0.5, 0.6) is 0 Å². The average Bonchev–Trinajstić information content (AvgIpc) is 3.37. The molecule has 0 amide bonds. The summed E-state index contributed by atoms with van der Waals surface area (Å²) in [5, 5.41) is 13.9. The second-order valence-electron chi connectivity index (χ2n) is 7.51. The van der Waals surface area contributed by atoms with Gasteiger partial charge in [0.1, 0.15) is 5.65 Å². The summed E-state index contributed by atoms with van der Waals surface area (Å²) < 4.78 is 14.4. The Morgan fingerprint density at radius 2 is 2.11 bits per heavy atom. The maximum absolute atomic E-state index is 14.4. The molecule has 3 aromatic heterocycles. The minimum atomic E-state index is -0.836. The Hall–Kier alpha value is -2.74. The van der Waals surface area contributed by atoms with E-state index in [1.165, 1.54) is 6.20 Å². The number of aromatic amines is 1. The van der Waals surface area contributed by atoms with Crippen molar-refractivity contribution in [3.05, 3.63) is 35.5 Å². The third-order valence-corrected chi connectivity index (χ3v) is 6.19. The highest BCUT2D eigenvalue weighted by Gasteiger charge is 2.51. The van der Waals surface area contributed by atoms with Gasteiger partial charge in [0, 0.05) is 29.4 Å². The number of aromatic nitrogens is 4. The topological polar surface area (TPSA) is 104 Å². The van der Waals surface area contributed by atoms with Crippen molar-refractivity contribution in [2.24, 2.45) is 17.8 Å². The van der Waals surface area contributed by atoms with Crippen LogP contribution in [0.15, 0.2) is 24.7 Å². The van der Waals surface area contributed by atoms with Crippen molar-refractivity contribution >= 4 is 34.4 Å². The number of aliphatic carboxylic acids is 1. The third kappa shape index (κ3) is 2.71. The fourth-order valence-corrected chi connectivity index (χ4v) is 4.93. The van der Waals surface area contributed by atoms with Gasteiger partial charge in [0.15, 0.2) is 17.5 Å². The van der Waals surface area contributed by atoms with Crippen molar-refractivity contribution in [2.75, 3.05) is 5.32 Å². The number of pyridine rings is 1. The van der Waals surface area contributed by atoms with Gasteiger partial charge in [-0.3, -0.25) is 4.79 Å². The highest BCUT2D eigenvalue weighted by atomic mass is 35.5. The Kier molecular flexibility index (Phi) is 3.97. The molecule has 2 aliphatic rings. The van der Waals surface area contributed by atoms with Crippen LogP contribution >= 0.6 is 11.6 Å². The summed E-state index contributed by atoms with van der Waals surface area (Å²) in [5.41, 5.74) is 1.27. The molecular weight excluding hydrogens is 385 g/mol. The van der Waals surface area contributed by atoms with Crippen molar-refractivity contribution in [2.45, 2.75) is 25.3 Å². The van der Waals surface area contributed by atoms with Crippen molar-refractivity contribution in [1.29, 1.82) is 0 Å².